The molecule has 1 aromatic carbocycles. The molecule has 1 amide bonds. The van der Waals surface area contributed by atoms with E-state index in [1.165, 1.54) is 5.56 Å². The molecule has 0 bridgehead atoms. The van der Waals surface area contributed by atoms with Gasteiger partial charge in [0.25, 0.3) is 5.91 Å². The first kappa shape index (κ1) is 13.5. The molecule has 1 unspecified atom stereocenters. The van der Waals surface area contributed by atoms with Crippen molar-refractivity contribution in [2.75, 3.05) is 11.9 Å². The van der Waals surface area contributed by atoms with Crippen LogP contribution in [0.25, 0.3) is 0 Å². The second kappa shape index (κ2) is 6.29. The van der Waals surface area contributed by atoms with E-state index < -0.39 is 0 Å². The van der Waals surface area contributed by atoms with Crippen molar-refractivity contribution < 1.29 is 4.79 Å². The normalized spacial score (nSPS) is 14.7. The number of nitrogens with one attached hydrogen (secondary N) is 2. The van der Waals surface area contributed by atoms with Crippen LogP contribution in [0.3, 0.4) is 0 Å². The largest absolute Gasteiger partial charge is 0.385 e. The molecule has 1 heterocycles. The van der Waals surface area contributed by atoms with Crippen molar-refractivity contribution in [2.45, 2.75) is 38.6 Å². The van der Waals surface area contributed by atoms with Gasteiger partial charge in [-0.25, -0.2) is 0 Å². The van der Waals surface area contributed by atoms with Crippen LogP contribution in [0.15, 0.2) is 18.2 Å². The molecule has 2 N–H and O–H groups in total. The summed E-state index contributed by atoms with van der Waals surface area (Å²) >= 11 is 0. The van der Waals surface area contributed by atoms with Crippen molar-refractivity contribution in [3.63, 3.8) is 0 Å². The van der Waals surface area contributed by atoms with Gasteiger partial charge in [-0.1, -0.05) is 6.92 Å². The van der Waals surface area contributed by atoms with Gasteiger partial charge in [-0.3, -0.25) is 4.79 Å². The summed E-state index contributed by atoms with van der Waals surface area (Å²) in [6, 6.07) is 5.91. The zero-order valence-corrected chi connectivity index (χ0v) is 11.3. The third-order valence-electron chi connectivity index (χ3n) is 3.50. The molecule has 100 valence electrons. The Labute approximate surface area is 114 Å². The van der Waals surface area contributed by atoms with Gasteiger partial charge < -0.3 is 10.6 Å². The van der Waals surface area contributed by atoms with Crippen molar-refractivity contribution in [3.05, 3.63) is 29.3 Å². The number of fused-ring (bicyclic) bond motifs is 1. The number of benzene rings is 1. The molecule has 0 fully saturated rings. The van der Waals surface area contributed by atoms with Crippen LogP contribution in [0, 0.1) is 12.3 Å². The van der Waals surface area contributed by atoms with Gasteiger partial charge in [-0.05, 0) is 43.0 Å². The molecule has 0 aliphatic carbocycles. The Kier molecular flexibility index (Phi) is 4.46. The highest BCUT2D eigenvalue weighted by Gasteiger charge is 2.14. The van der Waals surface area contributed by atoms with Crippen LogP contribution in [-0.2, 0) is 6.42 Å². The van der Waals surface area contributed by atoms with E-state index in [0.717, 1.165) is 37.1 Å². The highest BCUT2D eigenvalue weighted by Crippen LogP contribution is 2.22. The highest BCUT2D eigenvalue weighted by atomic mass is 16.1. The zero-order chi connectivity index (χ0) is 13.7. The molecular formula is C16H20N2O. The maximum Gasteiger partial charge on any atom is 0.251 e. The van der Waals surface area contributed by atoms with Crippen LogP contribution >= 0.6 is 0 Å². The molecule has 1 aliphatic rings. The molecule has 3 heteroatoms. The van der Waals surface area contributed by atoms with Crippen molar-refractivity contribution in [1.29, 1.82) is 0 Å². The lowest BCUT2D eigenvalue weighted by Crippen LogP contribution is -2.34. The number of hydrogen-bond acceptors (Lipinski definition) is 2. The Balaban J connectivity index is 2.09. The molecular weight excluding hydrogens is 236 g/mol. The monoisotopic (exact) mass is 256 g/mol. The number of anilines is 1. The summed E-state index contributed by atoms with van der Waals surface area (Å²) < 4.78 is 0. The van der Waals surface area contributed by atoms with Crippen molar-refractivity contribution in [1.82, 2.24) is 5.32 Å². The van der Waals surface area contributed by atoms with Gasteiger partial charge in [0.2, 0.25) is 0 Å². The number of aryl methyl sites for hydroxylation is 1. The molecule has 1 aromatic rings. The van der Waals surface area contributed by atoms with Gasteiger partial charge in [0.05, 0.1) is 0 Å². The lowest BCUT2D eigenvalue weighted by Gasteiger charge is -2.19. The van der Waals surface area contributed by atoms with Crippen molar-refractivity contribution >= 4 is 11.6 Å². The smallest absolute Gasteiger partial charge is 0.251 e. The lowest BCUT2D eigenvalue weighted by atomic mass is 10.0. The summed E-state index contributed by atoms with van der Waals surface area (Å²) in [6.45, 7) is 3.04. The van der Waals surface area contributed by atoms with Crippen LogP contribution < -0.4 is 10.6 Å². The molecule has 2 rings (SSSR count). The molecule has 1 aliphatic heterocycles. The number of carbonyl (C=O) groups is 1. The second-order valence-corrected chi connectivity index (χ2v) is 4.89. The summed E-state index contributed by atoms with van der Waals surface area (Å²) in [6.07, 6.45) is 8.88. The van der Waals surface area contributed by atoms with Gasteiger partial charge in [0.15, 0.2) is 0 Å². The van der Waals surface area contributed by atoms with Gasteiger partial charge >= 0.3 is 0 Å². The second-order valence-electron chi connectivity index (χ2n) is 4.89. The Morgan fingerprint density at radius 1 is 1.58 bits per heavy atom. The van der Waals surface area contributed by atoms with Gasteiger partial charge in [-0.15, -0.1) is 12.3 Å². The Morgan fingerprint density at radius 2 is 2.42 bits per heavy atom. The predicted molar refractivity (Wildman–Crippen MR) is 78.2 cm³/mol. The number of carbonyl (C=O) groups excluding carboxylic acids is 1. The molecule has 0 radical (unpaired) electrons. The highest BCUT2D eigenvalue weighted by molar-refractivity contribution is 5.95. The minimum Gasteiger partial charge on any atom is -0.385 e. The van der Waals surface area contributed by atoms with Crippen LogP contribution in [0.1, 0.15) is 42.1 Å². The van der Waals surface area contributed by atoms with E-state index in [9.17, 15) is 4.79 Å². The Bertz CT molecular complexity index is 502. The minimum atomic E-state index is -0.0320. The molecule has 19 heavy (non-hydrogen) atoms. The van der Waals surface area contributed by atoms with Crippen LogP contribution in [0.4, 0.5) is 5.69 Å². The van der Waals surface area contributed by atoms with Crippen LogP contribution in [-0.4, -0.2) is 18.5 Å². The summed E-state index contributed by atoms with van der Waals surface area (Å²) in [5, 5.41) is 6.33. The summed E-state index contributed by atoms with van der Waals surface area (Å²) in [5.74, 6) is 2.57. The summed E-state index contributed by atoms with van der Waals surface area (Å²) in [5.41, 5.74) is 3.10. The van der Waals surface area contributed by atoms with Gasteiger partial charge in [0.1, 0.15) is 0 Å². The fourth-order valence-corrected chi connectivity index (χ4v) is 2.32. The quantitative estimate of drug-likeness (QED) is 0.813. The Morgan fingerprint density at radius 3 is 3.16 bits per heavy atom. The van der Waals surface area contributed by atoms with Crippen LogP contribution in [0.5, 0.6) is 0 Å². The predicted octanol–water partition coefficient (Wildman–Crippen LogP) is 2.58. The van der Waals surface area contributed by atoms with E-state index in [1.54, 1.807) is 0 Å². The molecule has 1 atom stereocenters. The van der Waals surface area contributed by atoms with Crippen molar-refractivity contribution in [2.24, 2.45) is 0 Å². The molecule has 0 aromatic heterocycles. The first-order valence-electron chi connectivity index (χ1n) is 6.85. The lowest BCUT2D eigenvalue weighted by molar-refractivity contribution is 0.0936. The van der Waals surface area contributed by atoms with E-state index in [-0.39, 0.29) is 11.9 Å². The average molecular weight is 256 g/mol. The molecule has 0 saturated carbocycles. The van der Waals surface area contributed by atoms with E-state index in [4.69, 9.17) is 6.42 Å². The van der Waals surface area contributed by atoms with E-state index >= 15 is 0 Å². The summed E-state index contributed by atoms with van der Waals surface area (Å²) in [4.78, 5) is 12.2. The van der Waals surface area contributed by atoms with E-state index in [1.807, 2.05) is 25.1 Å². The number of hydrogen-bond donors (Lipinski definition) is 2. The fourth-order valence-electron chi connectivity index (χ4n) is 2.32. The molecule has 3 nitrogen and oxygen atoms in total. The maximum atomic E-state index is 12.2. The van der Waals surface area contributed by atoms with Crippen molar-refractivity contribution in [3.8, 4) is 12.3 Å². The number of amides is 1. The first-order valence-corrected chi connectivity index (χ1v) is 6.85. The minimum absolute atomic E-state index is 0.0320. The maximum absolute atomic E-state index is 12.2. The standard InChI is InChI=1S/C16H20N2O/c1-3-6-14(4-2)18-16(19)13-8-9-15-12(11-13)7-5-10-17-15/h1,8-9,11,14,17H,4-7,10H2,2H3,(H,18,19). The Hall–Kier alpha value is -1.95. The molecule has 0 saturated heterocycles. The zero-order valence-electron chi connectivity index (χ0n) is 11.3. The van der Waals surface area contributed by atoms with Gasteiger partial charge in [-0.2, -0.15) is 0 Å². The first-order chi connectivity index (χ1) is 9.24. The fraction of sp³-hybridized carbons (Fsp3) is 0.438. The van der Waals surface area contributed by atoms with E-state index in [0.29, 0.717) is 6.42 Å². The SMILES string of the molecule is C#CCC(CC)NC(=O)c1ccc2c(c1)CCCN2. The number of terminal acetylenes is 1. The van der Waals surface area contributed by atoms with E-state index in [2.05, 4.69) is 16.6 Å². The average Bonchev–Trinajstić information content (AvgIpc) is 2.46. The molecule has 0 spiro atoms. The van der Waals surface area contributed by atoms with Gasteiger partial charge in [0, 0.05) is 30.3 Å². The summed E-state index contributed by atoms with van der Waals surface area (Å²) in [7, 11) is 0. The van der Waals surface area contributed by atoms with Crippen LogP contribution in [0.2, 0.25) is 0 Å². The number of rotatable bonds is 4. The third-order valence-corrected chi connectivity index (χ3v) is 3.50. The third kappa shape index (κ3) is 3.29. The topological polar surface area (TPSA) is 41.1 Å².